The molecule has 23 heavy (non-hydrogen) atoms. The Morgan fingerprint density at radius 1 is 1.13 bits per heavy atom. The third-order valence-corrected chi connectivity index (χ3v) is 4.33. The zero-order valence-corrected chi connectivity index (χ0v) is 13.1. The highest BCUT2D eigenvalue weighted by atomic mass is 16.5. The smallest absolute Gasteiger partial charge is 0.254 e. The molecule has 1 heterocycles. The molecule has 0 aromatic heterocycles. The van der Waals surface area contributed by atoms with E-state index in [0.717, 1.165) is 19.4 Å². The van der Waals surface area contributed by atoms with Gasteiger partial charge in [-0.25, -0.2) is 0 Å². The number of ether oxygens (including phenoxy) is 1. The van der Waals surface area contributed by atoms with Gasteiger partial charge in [-0.2, -0.15) is 0 Å². The monoisotopic (exact) mass is 317 g/mol. The molecule has 1 aliphatic carbocycles. The molecule has 1 atom stereocenters. The molecule has 1 saturated carbocycles. The minimum absolute atomic E-state index is 0.0467. The zero-order chi connectivity index (χ0) is 16.1. The van der Waals surface area contributed by atoms with Crippen molar-refractivity contribution in [3.63, 3.8) is 0 Å². The lowest BCUT2D eigenvalue weighted by Crippen LogP contribution is -2.45. The molecule has 0 spiro atoms. The van der Waals surface area contributed by atoms with Crippen molar-refractivity contribution in [2.24, 2.45) is 0 Å². The van der Waals surface area contributed by atoms with Crippen LogP contribution in [0.3, 0.4) is 0 Å². The van der Waals surface area contributed by atoms with Crippen LogP contribution in [0, 0.1) is 0 Å². The lowest BCUT2D eigenvalue weighted by atomic mass is 10.1. The molecular weight excluding hydrogens is 294 g/mol. The molecule has 1 aromatic rings. The van der Waals surface area contributed by atoms with Gasteiger partial charge in [-0.05, 0) is 37.1 Å². The highest BCUT2D eigenvalue weighted by molar-refractivity contribution is 5.97. The minimum atomic E-state index is -0.464. The summed E-state index contributed by atoms with van der Waals surface area (Å²) in [6.07, 6.45) is 4.04. The quantitative estimate of drug-likeness (QED) is 0.782. The fourth-order valence-corrected chi connectivity index (χ4v) is 3.00. The fraction of sp³-hybridized carbons (Fsp3) is 0.529. The largest absolute Gasteiger partial charge is 0.366 e. The molecule has 124 valence electrons. The number of nitrogens with one attached hydrogen (secondary N) is 3. The maximum absolute atomic E-state index is 12.2. The summed E-state index contributed by atoms with van der Waals surface area (Å²) in [7, 11) is 0. The first-order valence-corrected chi connectivity index (χ1v) is 8.26. The predicted octanol–water partition coefficient (Wildman–Crippen LogP) is 1.29. The third kappa shape index (κ3) is 4.30. The van der Waals surface area contributed by atoms with E-state index in [2.05, 4.69) is 16.0 Å². The van der Waals surface area contributed by atoms with Gasteiger partial charge < -0.3 is 20.7 Å². The molecule has 1 saturated heterocycles. The summed E-state index contributed by atoms with van der Waals surface area (Å²) < 4.78 is 5.41. The number of hydrogen-bond acceptors (Lipinski definition) is 4. The molecule has 2 amide bonds. The number of anilines is 1. The summed E-state index contributed by atoms with van der Waals surface area (Å²) in [5.74, 6) is -0.213. The van der Waals surface area contributed by atoms with E-state index in [9.17, 15) is 9.59 Å². The first-order chi connectivity index (χ1) is 11.2. The molecule has 0 bridgehead atoms. The van der Waals surface area contributed by atoms with E-state index in [1.807, 2.05) is 0 Å². The summed E-state index contributed by atoms with van der Waals surface area (Å²) in [5.41, 5.74) is 1.28. The van der Waals surface area contributed by atoms with Gasteiger partial charge in [-0.3, -0.25) is 9.59 Å². The molecule has 2 fully saturated rings. The van der Waals surface area contributed by atoms with Gasteiger partial charge in [0, 0.05) is 30.4 Å². The van der Waals surface area contributed by atoms with Crippen molar-refractivity contribution in [1.82, 2.24) is 10.6 Å². The number of hydrogen-bond donors (Lipinski definition) is 3. The van der Waals surface area contributed by atoms with Crippen LogP contribution >= 0.6 is 0 Å². The van der Waals surface area contributed by atoms with Crippen molar-refractivity contribution in [3.05, 3.63) is 29.8 Å². The van der Waals surface area contributed by atoms with E-state index >= 15 is 0 Å². The molecule has 6 nitrogen and oxygen atoms in total. The fourth-order valence-electron chi connectivity index (χ4n) is 3.00. The van der Waals surface area contributed by atoms with Crippen LogP contribution in [0.4, 0.5) is 5.69 Å². The molecule has 1 aromatic carbocycles. The van der Waals surface area contributed by atoms with Crippen molar-refractivity contribution in [2.75, 3.05) is 25.0 Å². The van der Waals surface area contributed by atoms with E-state index in [1.165, 1.54) is 12.8 Å². The van der Waals surface area contributed by atoms with Crippen LogP contribution in [0.2, 0.25) is 0 Å². The second kappa shape index (κ2) is 7.57. The Hall–Kier alpha value is -1.92. The number of benzene rings is 1. The number of carbonyl (C=O) groups is 2. The first-order valence-electron chi connectivity index (χ1n) is 8.26. The lowest BCUT2D eigenvalue weighted by Gasteiger charge is -2.22. The molecule has 3 N–H and O–H groups in total. The molecular formula is C17H23N3O3. The Morgan fingerprint density at radius 2 is 1.87 bits per heavy atom. The number of carbonyl (C=O) groups excluding carboxylic acids is 2. The summed E-state index contributed by atoms with van der Waals surface area (Å²) >= 11 is 0. The van der Waals surface area contributed by atoms with Crippen LogP contribution < -0.4 is 16.0 Å². The Kier molecular flexibility index (Phi) is 5.25. The first kappa shape index (κ1) is 16.0. The normalized spacial score (nSPS) is 21.8. The van der Waals surface area contributed by atoms with Crippen molar-refractivity contribution < 1.29 is 14.3 Å². The molecule has 1 unspecified atom stereocenters. The van der Waals surface area contributed by atoms with E-state index < -0.39 is 6.10 Å². The van der Waals surface area contributed by atoms with E-state index in [0.29, 0.717) is 30.4 Å². The Morgan fingerprint density at radius 3 is 2.52 bits per heavy atom. The standard InChI is InChI=1S/C17H23N3O3/c21-16(19-13-3-1-2-4-13)12-5-7-14(8-6-12)20-17(22)15-11-18-9-10-23-15/h5-8,13,15,18H,1-4,9-11H2,(H,19,21)(H,20,22). The predicted molar refractivity (Wildman–Crippen MR) is 87.4 cm³/mol. The average Bonchev–Trinajstić information content (AvgIpc) is 3.09. The highest BCUT2D eigenvalue weighted by Crippen LogP contribution is 2.18. The Balaban J connectivity index is 1.53. The van der Waals surface area contributed by atoms with Gasteiger partial charge in [0.2, 0.25) is 0 Å². The Labute approximate surface area is 136 Å². The minimum Gasteiger partial charge on any atom is -0.366 e. The molecule has 6 heteroatoms. The number of rotatable bonds is 4. The van der Waals surface area contributed by atoms with Crippen LogP contribution in [0.5, 0.6) is 0 Å². The average molecular weight is 317 g/mol. The summed E-state index contributed by atoms with van der Waals surface area (Å²) in [4.78, 5) is 24.2. The molecule has 1 aliphatic heterocycles. The van der Waals surface area contributed by atoms with Crippen molar-refractivity contribution in [1.29, 1.82) is 0 Å². The SMILES string of the molecule is O=C(NC1CCCC1)c1ccc(NC(=O)C2CNCCO2)cc1. The second-order valence-corrected chi connectivity index (χ2v) is 6.09. The van der Waals surface area contributed by atoms with Crippen LogP contribution in [0.1, 0.15) is 36.0 Å². The van der Waals surface area contributed by atoms with Crippen molar-refractivity contribution in [3.8, 4) is 0 Å². The summed E-state index contributed by atoms with van der Waals surface area (Å²) in [5, 5.41) is 8.99. The highest BCUT2D eigenvalue weighted by Gasteiger charge is 2.22. The maximum Gasteiger partial charge on any atom is 0.254 e. The van der Waals surface area contributed by atoms with E-state index in [-0.39, 0.29) is 11.8 Å². The topological polar surface area (TPSA) is 79.5 Å². The van der Waals surface area contributed by atoms with Crippen LogP contribution in [0.25, 0.3) is 0 Å². The molecule has 0 radical (unpaired) electrons. The Bertz CT molecular complexity index is 547. The summed E-state index contributed by atoms with van der Waals surface area (Å²) in [6, 6.07) is 7.27. The number of morpholine rings is 1. The van der Waals surface area contributed by atoms with Gasteiger partial charge >= 0.3 is 0 Å². The van der Waals surface area contributed by atoms with Gasteiger partial charge in [0.15, 0.2) is 0 Å². The van der Waals surface area contributed by atoms with E-state index in [1.54, 1.807) is 24.3 Å². The second-order valence-electron chi connectivity index (χ2n) is 6.09. The van der Waals surface area contributed by atoms with Gasteiger partial charge in [0.1, 0.15) is 6.10 Å². The van der Waals surface area contributed by atoms with E-state index in [4.69, 9.17) is 4.74 Å². The molecule has 3 rings (SSSR count). The lowest BCUT2D eigenvalue weighted by molar-refractivity contribution is -0.128. The third-order valence-electron chi connectivity index (χ3n) is 4.33. The maximum atomic E-state index is 12.2. The molecule has 2 aliphatic rings. The van der Waals surface area contributed by atoms with Crippen LogP contribution in [-0.2, 0) is 9.53 Å². The number of amides is 2. The zero-order valence-electron chi connectivity index (χ0n) is 13.1. The van der Waals surface area contributed by atoms with Gasteiger partial charge in [-0.15, -0.1) is 0 Å². The van der Waals surface area contributed by atoms with Crippen molar-refractivity contribution >= 4 is 17.5 Å². The van der Waals surface area contributed by atoms with Crippen LogP contribution in [0.15, 0.2) is 24.3 Å². The van der Waals surface area contributed by atoms with Gasteiger partial charge in [0.05, 0.1) is 6.61 Å². The summed E-state index contributed by atoms with van der Waals surface area (Å²) in [6.45, 7) is 1.83. The van der Waals surface area contributed by atoms with Gasteiger partial charge in [0.25, 0.3) is 11.8 Å². The van der Waals surface area contributed by atoms with Gasteiger partial charge in [-0.1, -0.05) is 12.8 Å². The van der Waals surface area contributed by atoms with Crippen molar-refractivity contribution in [2.45, 2.75) is 37.8 Å². The van der Waals surface area contributed by atoms with Crippen LogP contribution in [-0.4, -0.2) is 43.7 Å².